The zero-order chi connectivity index (χ0) is 13.8. The lowest BCUT2D eigenvalue weighted by atomic mass is 9.84. The van der Waals surface area contributed by atoms with Crippen molar-refractivity contribution in [1.29, 1.82) is 0 Å². The minimum atomic E-state index is 0.343. The molecule has 0 radical (unpaired) electrons. The molecule has 1 heterocycles. The highest BCUT2D eigenvalue weighted by Crippen LogP contribution is 2.26. The van der Waals surface area contributed by atoms with Gasteiger partial charge in [0.15, 0.2) is 0 Å². The van der Waals surface area contributed by atoms with Gasteiger partial charge in [-0.2, -0.15) is 0 Å². The summed E-state index contributed by atoms with van der Waals surface area (Å²) in [5, 5.41) is 3.65. The number of methoxy groups -OCH3 is 1. The Balaban J connectivity index is 2.47. The van der Waals surface area contributed by atoms with Gasteiger partial charge in [-0.3, -0.25) is 4.90 Å². The van der Waals surface area contributed by atoms with Crippen LogP contribution in [0.15, 0.2) is 0 Å². The van der Waals surface area contributed by atoms with Crippen LogP contribution in [0.3, 0.4) is 0 Å². The van der Waals surface area contributed by atoms with Gasteiger partial charge in [-0.25, -0.2) is 0 Å². The maximum absolute atomic E-state index is 5.21. The third-order valence-corrected chi connectivity index (χ3v) is 3.94. The Hall–Kier alpha value is -0.120. The molecule has 3 nitrogen and oxygen atoms in total. The zero-order valence-corrected chi connectivity index (χ0v) is 13.2. The van der Waals surface area contributed by atoms with Gasteiger partial charge < -0.3 is 10.1 Å². The molecule has 1 rings (SSSR count). The second-order valence-corrected chi connectivity index (χ2v) is 7.51. The molecule has 18 heavy (non-hydrogen) atoms. The Morgan fingerprint density at radius 1 is 1.22 bits per heavy atom. The fourth-order valence-electron chi connectivity index (χ4n) is 2.60. The molecule has 1 aliphatic heterocycles. The van der Waals surface area contributed by atoms with E-state index < -0.39 is 0 Å². The Morgan fingerprint density at radius 3 is 2.44 bits per heavy atom. The van der Waals surface area contributed by atoms with Crippen molar-refractivity contribution < 1.29 is 4.74 Å². The molecule has 0 saturated carbocycles. The molecular formula is C15H32N2O. The van der Waals surface area contributed by atoms with Crippen molar-refractivity contribution >= 4 is 0 Å². The molecule has 3 heteroatoms. The smallest absolute Gasteiger partial charge is 0.0467 e. The van der Waals surface area contributed by atoms with E-state index >= 15 is 0 Å². The van der Waals surface area contributed by atoms with Crippen molar-refractivity contribution in [2.75, 3.05) is 39.9 Å². The number of hydrogen-bond donors (Lipinski definition) is 1. The predicted octanol–water partition coefficient (Wildman–Crippen LogP) is 2.37. The van der Waals surface area contributed by atoms with E-state index in [0.717, 1.165) is 19.6 Å². The summed E-state index contributed by atoms with van der Waals surface area (Å²) in [4.78, 5) is 2.61. The van der Waals surface area contributed by atoms with Crippen LogP contribution in [0.5, 0.6) is 0 Å². The highest BCUT2D eigenvalue weighted by Gasteiger charge is 2.31. The van der Waals surface area contributed by atoms with Crippen LogP contribution in [0, 0.1) is 10.8 Å². The van der Waals surface area contributed by atoms with Crippen molar-refractivity contribution in [3.8, 4) is 0 Å². The third-order valence-electron chi connectivity index (χ3n) is 3.94. The van der Waals surface area contributed by atoms with Crippen molar-refractivity contribution in [3.63, 3.8) is 0 Å². The summed E-state index contributed by atoms with van der Waals surface area (Å²) >= 11 is 0. The van der Waals surface area contributed by atoms with Gasteiger partial charge in [-0.1, -0.05) is 34.6 Å². The average molecular weight is 256 g/mol. The van der Waals surface area contributed by atoms with Gasteiger partial charge in [-0.05, 0) is 17.3 Å². The van der Waals surface area contributed by atoms with Crippen molar-refractivity contribution in [1.82, 2.24) is 10.2 Å². The monoisotopic (exact) mass is 256 g/mol. The van der Waals surface area contributed by atoms with E-state index in [1.807, 2.05) is 0 Å². The fraction of sp³-hybridized carbons (Fsp3) is 1.00. The summed E-state index contributed by atoms with van der Waals surface area (Å²) in [6.07, 6.45) is 1.13. The normalized spacial score (nSPS) is 23.3. The van der Waals surface area contributed by atoms with Crippen LogP contribution in [0.4, 0.5) is 0 Å². The van der Waals surface area contributed by atoms with E-state index in [1.54, 1.807) is 7.11 Å². The number of hydrogen-bond acceptors (Lipinski definition) is 3. The molecule has 0 aromatic heterocycles. The Kier molecular flexibility index (Phi) is 5.63. The van der Waals surface area contributed by atoms with Crippen molar-refractivity contribution in [2.45, 2.75) is 47.1 Å². The van der Waals surface area contributed by atoms with Crippen LogP contribution >= 0.6 is 0 Å². The van der Waals surface area contributed by atoms with Crippen LogP contribution in [0.2, 0.25) is 0 Å². The van der Waals surface area contributed by atoms with Gasteiger partial charge in [-0.15, -0.1) is 0 Å². The molecule has 0 bridgehead atoms. The molecule has 0 spiro atoms. The quantitative estimate of drug-likeness (QED) is 0.817. The highest BCUT2D eigenvalue weighted by atomic mass is 16.5. The molecule has 1 unspecified atom stereocenters. The lowest BCUT2D eigenvalue weighted by Crippen LogP contribution is -2.57. The minimum absolute atomic E-state index is 0.343. The van der Waals surface area contributed by atoms with E-state index in [2.05, 4.69) is 44.8 Å². The molecule has 1 saturated heterocycles. The summed E-state index contributed by atoms with van der Waals surface area (Å²) in [5.74, 6) is 0. The average Bonchev–Trinajstić information content (AvgIpc) is 2.25. The van der Waals surface area contributed by atoms with Gasteiger partial charge in [0.25, 0.3) is 0 Å². The van der Waals surface area contributed by atoms with Crippen LogP contribution in [-0.2, 0) is 4.74 Å². The number of piperazine rings is 1. The first-order chi connectivity index (χ1) is 8.24. The maximum atomic E-state index is 5.21. The topological polar surface area (TPSA) is 24.5 Å². The zero-order valence-electron chi connectivity index (χ0n) is 13.2. The molecular weight excluding hydrogens is 224 g/mol. The summed E-state index contributed by atoms with van der Waals surface area (Å²) in [7, 11) is 1.79. The van der Waals surface area contributed by atoms with Gasteiger partial charge >= 0.3 is 0 Å². The Labute approximate surface area is 113 Å². The number of rotatable bonds is 5. The second kappa shape index (κ2) is 6.36. The van der Waals surface area contributed by atoms with Gasteiger partial charge in [0, 0.05) is 45.9 Å². The Morgan fingerprint density at radius 2 is 1.89 bits per heavy atom. The molecule has 0 aromatic rings. The summed E-state index contributed by atoms with van der Waals surface area (Å²) < 4.78 is 5.21. The molecule has 1 atom stereocenters. The number of nitrogens with one attached hydrogen (secondary N) is 1. The molecule has 0 aliphatic carbocycles. The molecule has 108 valence electrons. The van der Waals surface area contributed by atoms with Crippen LogP contribution in [0.1, 0.15) is 41.0 Å². The van der Waals surface area contributed by atoms with E-state index in [-0.39, 0.29) is 0 Å². The van der Waals surface area contributed by atoms with E-state index in [4.69, 9.17) is 4.74 Å². The van der Waals surface area contributed by atoms with Crippen LogP contribution in [-0.4, -0.2) is 50.8 Å². The largest absolute Gasteiger partial charge is 0.385 e. The van der Waals surface area contributed by atoms with E-state index in [0.29, 0.717) is 16.9 Å². The minimum Gasteiger partial charge on any atom is -0.385 e. The van der Waals surface area contributed by atoms with E-state index in [9.17, 15) is 0 Å². The first kappa shape index (κ1) is 15.9. The Bertz CT molecular complexity index is 245. The van der Waals surface area contributed by atoms with Crippen LogP contribution in [0.25, 0.3) is 0 Å². The predicted molar refractivity (Wildman–Crippen MR) is 78.0 cm³/mol. The number of nitrogens with zero attached hydrogens (tertiary/aromatic N) is 1. The summed E-state index contributed by atoms with van der Waals surface area (Å²) in [5.41, 5.74) is 0.686. The van der Waals surface area contributed by atoms with Gasteiger partial charge in [0.2, 0.25) is 0 Å². The van der Waals surface area contributed by atoms with Gasteiger partial charge in [0.05, 0.1) is 0 Å². The SMILES string of the molecule is COCCC(C)(C)CN1CCNC(C(C)(C)C)C1. The summed E-state index contributed by atoms with van der Waals surface area (Å²) in [6, 6.07) is 0.601. The molecule has 1 N–H and O–H groups in total. The molecule has 1 fully saturated rings. The van der Waals surface area contributed by atoms with Crippen molar-refractivity contribution in [3.05, 3.63) is 0 Å². The molecule has 0 aromatic carbocycles. The molecule has 0 amide bonds. The first-order valence-electron chi connectivity index (χ1n) is 7.19. The van der Waals surface area contributed by atoms with E-state index in [1.165, 1.54) is 19.6 Å². The lowest BCUT2D eigenvalue weighted by molar-refractivity contribution is 0.0785. The third kappa shape index (κ3) is 5.25. The maximum Gasteiger partial charge on any atom is 0.0467 e. The van der Waals surface area contributed by atoms with Gasteiger partial charge in [0.1, 0.15) is 0 Å². The molecule has 1 aliphatic rings. The standard InChI is InChI=1S/C15H32N2O/c1-14(2,3)13-11-17(9-8-16-13)12-15(4,5)7-10-18-6/h13,16H,7-12H2,1-6H3. The lowest BCUT2D eigenvalue weighted by Gasteiger charge is -2.43. The summed E-state index contributed by atoms with van der Waals surface area (Å²) in [6.45, 7) is 17.1. The first-order valence-corrected chi connectivity index (χ1v) is 7.19. The van der Waals surface area contributed by atoms with Crippen molar-refractivity contribution in [2.24, 2.45) is 10.8 Å². The van der Waals surface area contributed by atoms with Crippen LogP contribution < -0.4 is 5.32 Å². The number of ether oxygens (including phenoxy) is 1. The highest BCUT2D eigenvalue weighted by molar-refractivity contribution is 4.88. The second-order valence-electron chi connectivity index (χ2n) is 7.51. The fourth-order valence-corrected chi connectivity index (χ4v) is 2.60.